The number of carbonyl (C=O) groups excluding carboxylic acids is 2. The maximum Gasteiger partial charge on any atom is 0.407 e. The van der Waals surface area contributed by atoms with Crippen molar-refractivity contribution in [3.63, 3.8) is 0 Å². The van der Waals surface area contributed by atoms with Crippen molar-refractivity contribution >= 4 is 23.8 Å². The van der Waals surface area contributed by atoms with Gasteiger partial charge in [0.25, 0.3) is 0 Å². The van der Waals surface area contributed by atoms with Gasteiger partial charge in [-0.15, -0.1) is 0 Å². The Bertz CT molecular complexity index is 252. The van der Waals surface area contributed by atoms with E-state index in [2.05, 4.69) is 10.6 Å². The Labute approximate surface area is 107 Å². The van der Waals surface area contributed by atoms with E-state index in [4.69, 9.17) is 4.74 Å². The normalized spacial score (nSPS) is 10.8. The highest BCUT2D eigenvalue weighted by molar-refractivity contribution is 7.99. The molecule has 0 atom stereocenters. The zero-order valence-corrected chi connectivity index (χ0v) is 11.8. The van der Waals surface area contributed by atoms with E-state index in [0.717, 1.165) is 0 Å². The van der Waals surface area contributed by atoms with Gasteiger partial charge in [0.05, 0.1) is 5.75 Å². The molecule has 0 aromatic carbocycles. The van der Waals surface area contributed by atoms with Crippen molar-refractivity contribution < 1.29 is 14.3 Å². The summed E-state index contributed by atoms with van der Waals surface area (Å²) in [5, 5.41) is 5.34. The topological polar surface area (TPSA) is 67.4 Å². The first-order valence-electron chi connectivity index (χ1n) is 5.66. The minimum atomic E-state index is -0.474. The fourth-order valence-electron chi connectivity index (χ4n) is 0.953. The van der Waals surface area contributed by atoms with Crippen LogP contribution in [-0.4, -0.2) is 42.2 Å². The van der Waals surface area contributed by atoms with Crippen LogP contribution in [0.4, 0.5) is 4.79 Å². The molecule has 0 aromatic heterocycles. The molecule has 0 radical (unpaired) electrons. The van der Waals surface area contributed by atoms with Gasteiger partial charge in [0.1, 0.15) is 5.60 Å². The summed E-state index contributed by atoms with van der Waals surface area (Å²) in [4.78, 5) is 22.3. The molecule has 17 heavy (non-hydrogen) atoms. The number of thioether (sulfide) groups is 1. The van der Waals surface area contributed by atoms with E-state index in [9.17, 15) is 9.59 Å². The van der Waals surface area contributed by atoms with Gasteiger partial charge < -0.3 is 15.4 Å². The van der Waals surface area contributed by atoms with Crippen molar-refractivity contribution in [2.45, 2.75) is 33.3 Å². The van der Waals surface area contributed by atoms with Gasteiger partial charge in [0.2, 0.25) is 5.91 Å². The Morgan fingerprint density at radius 1 is 1.24 bits per heavy atom. The van der Waals surface area contributed by atoms with Gasteiger partial charge in [-0.3, -0.25) is 4.79 Å². The van der Waals surface area contributed by atoms with Crippen molar-refractivity contribution in [3.05, 3.63) is 0 Å². The lowest BCUT2D eigenvalue weighted by molar-refractivity contribution is -0.118. The van der Waals surface area contributed by atoms with Gasteiger partial charge in [-0.1, -0.05) is 0 Å². The zero-order chi connectivity index (χ0) is 13.3. The van der Waals surface area contributed by atoms with Gasteiger partial charge in [0.15, 0.2) is 0 Å². The molecule has 6 heteroatoms. The van der Waals surface area contributed by atoms with Crippen molar-refractivity contribution in [1.82, 2.24) is 10.6 Å². The minimum absolute atomic E-state index is 0.0229. The number of ether oxygens (including phenoxy) is 1. The molecule has 0 rings (SSSR count). The first-order valence-corrected chi connectivity index (χ1v) is 6.82. The van der Waals surface area contributed by atoms with Crippen LogP contribution in [-0.2, 0) is 9.53 Å². The van der Waals surface area contributed by atoms with E-state index in [-0.39, 0.29) is 5.91 Å². The third kappa shape index (κ3) is 11.4. The Hall–Kier alpha value is -0.910. The first-order chi connectivity index (χ1) is 7.85. The van der Waals surface area contributed by atoms with Crippen LogP contribution in [0.15, 0.2) is 0 Å². The molecule has 0 saturated carbocycles. The van der Waals surface area contributed by atoms with Gasteiger partial charge in [-0.25, -0.2) is 4.79 Å². The Kier molecular flexibility index (Phi) is 7.78. The summed E-state index contributed by atoms with van der Waals surface area (Å²) in [7, 11) is 0. The van der Waals surface area contributed by atoms with Crippen molar-refractivity contribution in [2.75, 3.05) is 24.6 Å². The fraction of sp³-hybridized carbons (Fsp3) is 0.818. The molecule has 0 aromatic rings. The average molecular weight is 262 g/mol. The Morgan fingerprint density at radius 3 is 2.41 bits per heavy atom. The molecule has 0 saturated heterocycles. The lowest BCUT2D eigenvalue weighted by Crippen LogP contribution is -2.33. The number of hydrogen-bond acceptors (Lipinski definition) is 4. The monoisotopic (exact) mass is 262 g/mol. The highest BCUT2D eigenvalue weighted by Crippen LogP contribution is 2.06. The van der Waals surface area contributed by atoms with E-state index in [0.29, 0.717) is 24.6 Å². The van der Waals surface area contributed by atoms with Gasteiger partial charge >= 0.3 is 6.09 Å². The van der Waals surface area contributed by atoms with Crippen LogP contribution in [0.25, 0.3) is 0 Å². The molecule has 0 spiro atoms. The number of alkyl carbamates (subject to hydrolysis) is 1. The lowest BCUT2D eigenvalue weighted by Gasteiger charge is -2.19. The second-order valence-electron chi connectivity index (χ2n) is 4.43. The first kappa shape index (κ1) is 16.1. The number of amides is 2. The minimum Gasteiger partial charge on any atom is -0.444 e. The predicted octanol–water partition coefficient (Wildman–Crippen LogP) is 1.38. The molecule has 0 fully saturated rings. The zero-order valence-electron chi connectivity index (χ0n) is 11.0. The van der Waals surface area contributed by atoms with Crippen molar-refractivity contribution in [1.29, 1.82) is 0 Å². The van der Waals surface area contributed by atoms with E-state index in [1.807, 2.05) is 27.7 Å². The molecular formula is C11H22N2O3S. The number of carbonyl (C=O) groups is 2. The van der Waals surface area contributed by atoms with Crippen LogP contribution in [0, 0.1) is 0 Å². The highest BCUT2D eigenvalue weighted by Gasteiger charge is 2.15. The molecule has 0 heterocycles. The van der Waals surface area contributed by atoms with Gasteiger partial charge in [-0.2, -0.15) is 11.8 Å². The quantitative estimate of drug-likeness (QED) is 0.710. The average Bonchev–Trinajstić information content (AvgIpc) is 2.14. The summed E-state index contributed by atoms with van der Waals surface area (Å²) < 4.78 is 5.07. The summed E-state index contributed by atoms with van der Waals surface area (Å²) in [5.41, 5.74) is -0.474. The molecule has 0 unspecified atom stereocenters. The van der Waals surface area contributed by atoms with Crippen LogP contribution in [0.5, 0.6) is 0 Å². The number of rotatable bonds is 6. The van der Waals surface area contributed by atoms with Crippen LogP contribution >= 0.6 is 11.8 Å². The molecule has 5 nitrogen and oxygen atoms in total. The number of nitrogens with one attached hydrogen (secondary N) is 2. The molecule has 0 aliphatic carbocycles. The number of hydrogen-bond donors (Lipinski definition) is 2. The summed E-state index contributed by atoms with van der Waals surface area (Å²) in [6.45, 7) is 8.48. The Morgan fingerprint density at radius 2 is 1.88 bits per heavy atom. The maximum absolute atomic E-state index is 11.2. The van der Waals surface area contributed by atoms with Crippen LogP contribution in [0.3, 0.4) is 0 Å². The van der Waals surface area contributed by atoms with E-state index < -0.39 is 11.7 Å². The summed E-state index contributed by atoms with van der Waals surface area (Å²) >= 11 is 1.48. The molecule has 2 amide bonds. The summed E-state index contributed by atoms with van der Waals surface area (Å²) in [6, 6.07) is 0. The largest absolute Gasteiger partial charge is 0.444 e. The van der Waals surface area contributed by atoms with Crippen molar-refractivity contribution in [3.8, 4) is 0 Å². The smallest absolute Gasteiger partial charge is 0.407 e. The summed E-state index contributed by atoms with van der Waals surface area (Å²) in [5.74, 6) is 1.13. The summed E-state index contributed by atoms with van der Waals surface area (Å²) in [6.07, 6.45) is -0.420. The molecule has 2 N–H and O–H groups in total. The lowest BCUT2D eigenvalue weighted by atomic mass is 10.2. The second-order valence-corrected chi connectivity index (χ2v) is 5.54. The van der Waals surface area contributed by atoms with Gasteiger partial charge in [-0.05, 0) is 27.7 Å². The molecular weight excluding hydrogens is 240 g/mol. The SMILES string of the molecule is CCNC(=O)CSCCNC(=O)OC(C)(C)C. The molecule has 0 aliphatic rings. The standard InChI is InChI=1S/C11H22N2O3S/c1-5-12-9(14)8-17-7-6-13-10(15)16-11(2,3)4/h5-8H2,1-4H3,(H,12,14)(H,13,15). The van der Waals surface area contributed by atoms with Gasteiger partial charge in [0, 0.05) is 18.8 Å². The highest BCUT2D eigenvalue weighted by atomic mass is 32.2. The van der Waals surface area contributed by atoms with E-state index in [1.54, 1.807) is 0 Å². The molecule has 100 valence electrons. The fourth-order valence-corrected chi connectivity index (χ4v) is 1.63. The predicted molar refractivity (Wildman–Crippen MR) is 70.2 cm³/mol. The third-order valence-electron chi connectivity index (χ3n) is 1.52. The molecule has 0 aliphatic heterocycles. The van der Waals surface area contributed by atoms with E-state index >= 15 is 0 Å². The van der Waals surface area contributed by atoms with E-state index in [1.165, 1.54) is 11.8 Å². The third-order valence-corrected chi connectivity index (χ3v) is 2.48. The molecule has 0 bridgehead atoms. The Balaban J connectivity index is 3.46. The maximum atomic E-state index is 11.2. The van der Waals surface area contributed by atoms with Crippen molar-refractivity contribution in [2.24, 2.45) is 0 Å². The van der Waals surface area contributed by atoms with Crippen LogP contribution < -0.4 is 10.6 Å². The second kappa shape index (κ2) is 8.22. The van der Waals surface area contributed by atoms with Crippen LogP contribution in [0.2, 0.25) is 0 Å². The van der Waals surface area contributed by atoms with Crippen LogP contribution in [0.1, 0.15) is 27.7 Å².